The molecule has 0 amide bonds. The number of hydrogen-bond acceptors (Lipinski definition) is 6. The summed E-state index contributed by atoms with van der Waals surface area (Å²) >= 11 is 0. The highest BCUT2D eigenvalue weighted by molar-refractivity contribution is 7.92. The van der Waals surface area contributed by atoms with Crippen LogP contribution in [0.15, 0.2) is 47.4 Å². The van der Waals surface area contributed by atoms with Crippen LogP contribution in [0.1, 0.15) is 44.0 Å². The van der Waals surface area contributed by atoms with Gasteiger partial charge in [-0.2, -0.15) is 13.2 Å². The molecule has 0 bridgehead atoms. The molecule has 0 heterocycles. The predicted molar refractivity (Wildman–Crippen MR) is 128 cm³/mol. The van der Waals surface area contributed by atoms with Crippen molar-refractivity contribution in [2.75, 3.05) is 29.3 Å². The molecule has 0 fully saturated rings. The molecule has 2 rings (SSSR count). The first-order valence-electron chi connectivity index (χ1n) is 10.9. The molecule has 13 heteroatoms. The van der Waals surface area contributed by atoms with E-state index in [1.54, 1.807) is 24.3 Å². The van der Waals surface area contributed by atoms with E-state index in [0.717, 1.165) is 25.9 Å². The van der Waals surface area contributed by atoms with E-state index in [1.165, 1.54) is 18.2 Å². The van der Waals surface area contributed by atoms with Crippen molar-refractivity contribution in [2.24, 2.45) is 0 Å². The second kappa shape index (κ2) is 13.6. The average molecular weight is 535 g/mol. The zero-order chi connectivity index (χ0) is 27.5. The van der Waals surface area contributed by atoms with Gasteiger partial charge in [-0.05, 0) is 62.2 Å². The van der Waals surface area contributed by atoms with Crippen molar-refractivity contribution in [3.8, 4) is 5.75 Å². The number of halogens is 3. The van der Waals surface area contributed by atoms with Crippen molar-refractivity contribution in [1.82, 2.24) is 0 Å². The molecule has 0 aliphatic carbocycles. The van der Waals surface area contributed by atoms with E-state index >= 15 is 0 Å². The number of carboxylic acid groups (broad SMARTS) is 2. The summed E-state index contributed by atoms with van der Waals surface area (Å²) in [5.74, 6) is -3.28. The monoisotopic (exact) mass is 534 g/mol. The molecule has 200 valence electrons. The maximum absolute atomic E-state index is 12.7. The Morgan fingerprint density at radius 2 is 1.50 bits per heavy atom. The largest absolute Gasteiger partial charge is 0.494 e. The smallest absolute Gasteiger partial charge is 0.490 e. The Bertz CT molecular complexity index is 1120. The molecule has 0 aliphatic heterocycles. The molecule has 0 saturated heterocycles. The van der Waals surface area contributed by atoms with Gasteiger partial charge >= 0.3 is 18.1 Å². The lowest BCUT2D eigenvalue weighted by Gasteiger charge is -2.25. The molecule has 0 aromatic heterocycles. The van der Waals surface area contributed by atoms with Crippen LogP contribution < -0.4 is 14.4 Å². The Kier molecular flexibility index (Phi) is 11.5. The van der Waals surface area contributed by atoms with Crippen molar-refractivity contribution in [3.05, 3.63) is 48.0 Å². The highest BCUT2D eigenvalue weighted by Gasteiger charge is 2.38. The first-order valence-corrected chi connectivity index (χ1v) is 12.4. The number of hydrogen-bond donors (Lipinski definition) is 3. The summed E-state index contributed by atoms with van der Waals surface area (Å²) < 4.78 is 64.9. The molecule has 0 saturated carbocycles. The fourth-order valence-electron chi connectivity index (χ4n) is 3.03. The predicted octanol–water partition coefficient (Wildman–Crippen LogP) is 4.84. The van der Waals surface area contributed by atoms with Crippen molar-refractivity contribution in [3.63, 3.8) is 0 Å². The van der Waals surface area contributed by atoms with E-state index in [0.29, 0.717) is 18.0 Å². The van der Waals surface area contributed by atoms with Gasteiger partial charge in [0.05, 0.1) is 22.8 Å². The molecule has 9 nitrogen and oxygen atoms in total. The third kappa shape index (κ3) is 9.29. The van der Waals surface area contributed by atoms with Gasteiger partial charge in [-0.1, -0.05) is 13.8 Å². The van der Waals surface area contributed by atoms with Crippen LogP contribution >= 0.6 is 0 Å². The van der Waals surface area contributed by atoms with Gasteiger partial charge in [-0.25, -0.2) is 18.0 Å². The number of carbonyl (C=O) groups is 2. The zero-order valence-electron chi connectivity index (χ0n) is 20.0. The number of ether oxygens (including phenoxy) is 1. The quantitative estimate of drug-likeness (QED) is 0.373. The lowest BCUT2D eigenvalue weighted by atomic mass is 10.1. The highest BCUT2D eigenvalue weighted by Crippen LogP contribution is 2.27. The molecular weight excluding hydrogens is 505 g/mol. The maximum Gasteiger partial charge on any atom is 0.490 e. The van der Waals surface area contributed by atoms with E-state index in [-0.39, 0.29) is 16.1 Å². The van der Waals surface area contributed by atoms with Gasteiger partial charge < -0.3 is 19.8 Å². The molecule has 2 aromatic rings. The minimum atomic E-state index is -5.08. The Morgan fingerprint density at radius 1 is 0.972 bits per heavy atom. The number of aromatic carboxylic acids is 1. The van der Waals surface area contributed by atoms with E-state index < -0.39 is 28.1 Å². The molecule has 2 aromatic carbocycles. The van der Waals surface area contributed by atoms with Gasteiger partial charge in [0.25, 0.3) is 10.0 Å². The average Bonchev–Trinajstić information content (AvgIpc) is 2.79. The molecule has 0 radical (unpaired) electrons. The zero-order valence-corrected chi connectivity index (χ0v) is 20.8. The van der Waals surface area contributed by atoms with Gasteiger partial charge in [-0.15, -0.1) is 0 Å². The SMILES string of the molecule is CCCN(CCC)c1ccc(NS(=O)(=O)c2ccc(OCC)cc2)cc1C(=O)O.O=C(O)C(F)(F)F. The minimum Gasteiger partial charge on any atom is -0.494 e. The Hall–Kier alpha value is -3.48. The van der Waals surface area contributed by atoms with Crippen molar-refractivity contribution < 1.29 is 46.1 Å². The summed E-state index contributed by atoms with van der Waals surface area (Å²) in [6.07, 6.45) is -3.32. The molecule has 3 N–H and O–H groups in total. The number of aliphatic carboxylic acids is 1. The second-order valence-electron chi connectivity index (χ2n) is 7.34. The van der Waals surface area contributed by atoms with E-state index in [1.807, 2.05) is 25.7 Å². The second-order valence-corrected chi connectivity index (χ2v) is 9.02. The third-order valence-electron chi connectivity index (χ3n) is 4.49. The van der Waals surface area contributed by atoms with Gasteiger partial charge in [0.1, 0.15) is 5.75 Å². The number of nitrogens with zero attached hydrogens (tertiary/aromatic N) is 1. The molecular formula is C23H29F3N2O7S. The standard InChI is InChI=1S/C21H28N2O5S.C2HF3O2/c1-4-13-23(14-5-2)20-12-7-16(15-19(20)21(24)25)22-29(26,27)18-10-8-17(9-11-18)28-6-3;3-2(4,5)1(6)7/h7-12,15,22H,4-6,13-14H2,1-3H3,(H,24,25);(H,6,7). The van der Waals surface area contributed by atoms with Crippen LogP contribution in [-0.4, -0.2) is 56.4 Å². The Balaban J connectivity index is 0.000000809. The third-order valence-corrected chi connectivity index (χ3v) is 5.89. The summed E-state index contributed by atoms with van der Waals surface area (Å²) in [6.45, 7) is 7.85. The van der Waals surface area contributed by atoms with Crippen LogP contribution in [0.5, 0.6) is 5.75 Å². The number of nitrogens with one attached hydrogen (secondary N) is 1. The Morgan fingerprint density at radius 3 is 1.92 bits per heavy atom. The minimum absolute atomic E-state index is 0.0683. The summed E-state index contributed by atoms with van der Waals surface area (Å²) in [4.78, 5) is 22.8. The first-order chi connectivity index (χ1) is 16.8. The van der Waals surface area contributed by atoms with Crippen LogP contribution in [0.2, 0.25) is 0 Å². The normalized spacial score (nSPS) is 11.2. The number of anilines is 2. The summed E-state index contributed by atoms with van der Waals surface area (Å²) in [7, 11) is -3.85. The maximum atomic E-state index is 12.7. The van der Waals surface area contributed by atoms with Crippen molar-refractivity contribution >= 4 is 33.3 Å². The fraction of sp³-hybridized carbons (Fsp3) is 0.391. The van der Waals surface area contributed by atoms with Crippen LogP contribution in [-0.2, 0) is 14.8 Å². The van der Waals surface area contributed by atoms with Crippen LogP contribution in [0, 0.1) is 0 Å². The van der Waals surface area contributed by atoms with Crippen molar-refractivity contribution in [1.29, 1.82) is 0 Å². The number of alkyl halides is 3. The summed E-state index contributed by atoms with van der Waals surface area (Å²) in [5.41, 5.74) is 0.858. The van der Waals surface area contributed by atoms with Crippen LogP contribution in [0.3, 0.4) is 0 Å². The molecule has 0 atom stereocenters. The number of sulfonamides is 1. The molecule has 0 spiro atoms. The van der Waals surface area contributed by atoms with Gasteiger partial charge in [0.2, 0.25) is 0 Å². The van der Waals surface area contributed by atoms with Crippen LogP contribution in [0.25, 0.3) is 0 Å². The highest BCUT2D eigenvalue weighted by atomic mass is 32.2. The number of benzene rings is 2. The Labute approximate surface area is 207 Å². The first kappa shape index (κ1) is 30.6. The van der Waals surface area contributed by atoms with E-state index in [4.69, 9.17) is 14.6 Å². The number of carboxylic acids is 2. The van der Waals surface area contributed by atoms with Crippen molar-refractivity contribution in [2.45, 2.75) is 44.7 Å². The van der Waals surface area contributed by atoms with Gasteiger partial charge in [0.15, 0.2) is 0 Å². The molecule has 0 aliphatic rings. The molecule has 36 heavy (non-hydrogen) atoms. The summed E-state index contributed by atoms with van der Waals surface area (Å²) in [5, 5.41) is 16.8. The number of rotatable bonds is 11. The lowest BCUT2D eigenvalue weighted by Crippen LogP contribution is -2.27. The van der Waals surface area contributed by atoms with E-state index in [2.05, 4.69) is 4.72 Å². The molecule has 0 unspecified atom stereocenters. The van der Waals surface area contributed by atoms with Crippen LogP contribution in [0.4, 0.5) is 24.5 Å². The lowest BCUT2D eigenvalue weighted by molar-refractivity contribution is -0.192. The summed E-state index contributed by atoms with van der Waals surface area (Å²) in [6, 6.07) is 10.7. The van der Waals surface area contributed by atoms with Gasteiger partial charge in [0, 0.05) is 18.8 Å². The van der Waals surface area contributed by atoms with Gasteiger partial charge in [-0.3, -0.25) is 4.72 Å². The fourth-order valence-corrected chi connectivity index (χ4v) is 4.08. The van der Waals surface area contributed by atoms with E-state index in [9.17, 15) is 31.5 Å². The topological polar surface area (TPSA) is 133 Å².